The molecular formula is C12H9FINS. The van der Waals surface area contributed by atoms with Gasteiger partial charge in [-0.2, -0.15) is 0 Å². The summed E-state index contributed by atoms with van der Waals surface area (Å²) in [4.78, 5) is 1.47. The van der Waals surface area contributed by atoms with Gasteiger partial charge >= 0.3 is 0 Å². The molecule has 0 unspecified atom stereocenters. The van der Waals surface area contributed by atoms with E-state index in [1.54, 1.807) is 12.1 Å². The molecule has 2 N–H and O–H groups in total. The second kappa shape index (κ2) is 5.05. The molecule has 1 nitrogen and oxygen atoms in total. The monoisotopic (exact) mass is 345 g/mol. The summed E-state index contributed by atoms with van der Waals surface area (Å²) in [6.07, 6.45) is 0. The van der Waals surface area contributed by atoms with Gasteiger partial charge in [0.25, 0.3) is 0 Å². The van der Waals surface area contributed by atoms with Gasteiger partial charge in [-0.05, 0) is 52.9 Å². The number of benzene rings is 2. The quantitative estimate of drug-likeness (QED) is 0.653. The first-order chi connectivity index (χ1) is 7.66. The van der Waals surface area contributed by atoms with Crippen LogP contribution in [0, 0.1) is 9.39 Å². The van der Waals surface area contributed by atoms with Crippen LogP contribution in [0.4, 0.5) is 10.1 Å². The van der Waals surface area contributed by atoms with Gasteiger partial charge in [0, 0.05) is 19.0 Å². The summed E-state index contributed by atoms with van der Waals surface area (Å²) < 4.78 is 14.5. The highest BCUT2D eigenvalue weighted by Crippen LogP contribution is 2.33. The van der Waals surface area contributed by atoms with E-state index in [1.807, 2.05) is 24.3 Å². The lowest BCUT2D eigenvalue weighted by Gasteiger charge is -2.06. The van der Waals surface area contributed by atoms with E-state index in [1.165, 1.54) is 17.8 Å². The van der Waals surface area contributed by atoms with Crippen LogP contribution >= 0.6 is 34.4 Å². The van der Waals surface area contributed by atoms with Crippen LogP contribution in [0.5, 0.6) is 0 Å². The molecule has 0 saturated carbocycles. The fourth-order valence-corrected chi connectivity index (χ4v) is 2.64. The second-order valence-electron chi connectivity index (χ2n) is 3.21. The number of halogens is 2. The Morgan fingerprint density at radius 1 is 1.06 bits per heavy atom. The standard InChI is InChI=1S/C12H9FINS/c13-9-3-1-2-4-11(9)16-12-6-5-8(14)7-10(12)15/h1-7H,15H2. The Kier molecular flexibility index (Phi) is 3.70. The summed E-state index contributed by atoms with van der Waals surface area (Å²) >= 11 is 3.54. The van der Waals surface area contributed by atoms with Gasteiger partial charge in [-0.3, -0.25) is 0 Å². The van der Waals surface area contributed by atoms with Crippen molar-refractivity contribution in [1.82, 2.24) is 0 Å². The summed E-state index contributed by atoms with van der Waals surface area (Å²) in [6.45, 7) is 0. The predicted octanol–water partition coefficient (Wildman–Crippen LogP) is 4.16. The summed E-state index contributed by atoms with van der Waals surface area (Å²) in [7, 11) is 0. The maximum atomic E-state index is 13.4. The molecule has 2 rings (SSSR count). The van der Waals surface area contributed by atoms with Crippen molar-refractivity contribution in [3.8, 4) is 0 Å². The molecule has 0 aliphatic rings. The molecule has 0 aliphatic heterocycles. The highest BCUT2D eigenvalue weighted by Gasteiger charge is 2.06. The first-order valence-corrected chi connectivity index (χ1v) is 6.54. The molecule has 2 aromatic carbocycles. The highest BCUT2D eigenvalue weighted by atomic mass is 127. The summed E-state index contributed by atoms with van der Waals surface area (Å²) in [6, 6.07) is 12.4. The maximum absolute atomic E-state index is 13.4. The Hall–Kier alpha value is -0.750. The molecule has 4 heteroatoms. The number of hydrogen-bond acceptors (Lipinski definition) is 2. The minimum absolute atomic E-state index is 0.217. The molecule has 16 heavy (non-hydrogen) atoms. The third-order valence-corrected chi connectivity index (χ3v) is 3.84. The van der Waals surface area contributed by atoms with E-state index in [0.29, 0.717) is 10.6 Å². The number of anilines is 1. The SMILES string of the molecule is Nc1cc(I)ccc1Sc1ccccc1F. The highest BCUT2D eigenvalue weighted by molar-refractivity contribution is 14.1. The summed E-state index contributed by atoms with van der Waals surface area (Å²) in [5.74, 6) is -0.217. The van der Waals surface area contributed by atoms with E-state index in [9.17, 15) is 4.39 Å². The third kappa shape index (κ3) is 2.68. The smallest absolute Gasteiger partial charge is 0.137 e. The molecular weight excluding hydrogens is 336 g/mol. The minimum atomic E-state index is -0.217. The van der Waals surface area contributed by atoms with Gasteiger partial charge in [0.2, 0.25) is 0 Å². The molecule has 0 bridgehead atoms. The topological polar surface area (TPSA) is 26.0 Å². The largest absolute Gasteiger partial charge is 0.398 e. The molecule has 0 aliphatic carbocycles. The van der Waals surface area contributed by atoms with Crippen molar-refractivity contribution < 1.29 is 4.39 Å². The lowest BCUT2D eigenvalue weighted by atomic mass is 10.3. The Morgan fingerprint density at radius 2 is 1.81 bits per heavy atom. The van der Waals surface area contributed by atoms with Crippen molar-refractivity contribution in [3.63, 3.8) is 0 Å². The summed E-state index contributed by atoms with van der Waals surface area (Å²) in [5, 5.41) is 0. The van der Waals surface area contributed by atoms with Gasteiger partial charge in [0.15, 0.2) is 0 Å². The van der Waals surface area contributed by atoms with Crippen molar-refractivity contribution in [1.29, 1.82) is 0 Å². The Bertz CT molecular complexity index is 516. The number of nitrogen functional groups attached to an aromatic ring is 1. The van der Waals surface area contributed by atoms with Gasteiger partial charge in [0.1, 0.15) is 5.82 Å². The molecule has 0 saturated heterocycles. The van der Waals surface area contributed by atoms with Crippen molar-refractivity contribution >= 4 is 40.0 Å². The predicted molar refractivity (Wildman–Crippen MR) is 74.1 cm³/mol. The van der Waals surface area contributed by atoms with Crippen molar-refractivity contribution in [2.24, 2.45) is 0 Å². The molecule has 0 spiro atoms. The van der Waals surface area contributed by atoms with Crippen molar-refractivity contribution in [2.45, 2.75) is 9.79 Å². The first kappa shape index (κ1) is 11.7. The molecule has 0 heterocycles. The number of nitrogens with two attached hydrogens (primary N) is 1. The van der Waals surface area contributed by atoms with Gasteiger partial charge in [-0.1, -0.05) is 23.9 Å². The molecule has 0 atom stereocenters. The van der Waals surface area contributed by atoms with Crippen LogP contribution in [-0.4, -0.2) is 0 Å². The van der Waals surface area contributed by atoms with Crippen LogP contribution in [0.3, 0.4) is 0 Å². The fraction of sp³-hybridized carbons (Fsp3) is 0. The van der Waals surface area contributed by atoms with Gasteiger partial charge in [-0.25, -0.2) is 4.39 Å². The molecule has 0 amide bonds. The fourth-order valence-electron chi connectivity index (χ4n) is 1.26. The lowest BCUT2D eigenvalue weighted by molar-refractivity contribution is 0.602. The third-order valence-electron chi connectivity index (χ3n) is 2.03. The van der Waals surface area contributed by atoms with E-state index < -0.39 is 0 Å². The zero-order chi connectivity index (χ0) is 11.5. The van der Waals surface area contributed by atoms with E-state index in [0.717, 1.165) is 8.47 Å². The van der Waals surface area contributed by atoms with Crippen LogP contribution in [0.1, 0.15) is 0 Å². The molecule has 0 fully saturated rings. The Labute approximate surface area is 111 Å². The van der Waals surface area contributed by atoms with E-state index >= 15 is 0 Å². The van der Waals surface area contributed by atoms with Crippen LogP contribution in [0.2, 0.25) is 0 Å². The normalized spacial score (nSPS) is 10.4. The second-order valence-corrected chi connectivity index (χ2v) is 5.54. The average Bonchev–Trinajstić information content (AvgIpc) is 2.25. The van der Waals surface area contributed by atoms with Crippen molar-refractivity contribution in [3.05, 3.63) is 51.9 Å². The summed E-state index contributed by atoms with van der Waals surface area (Å²) in [5.41, 5.74) is 6.55. The van der Waals surface area contributed by atoms with E-state index in [4.69, 9.17) is 5.73 Å². The molecule has 0 radical (unpaired) electrons. The zero-order valence-electron chi connectivity index (χ0n) is 8.28. The number of hydrogen-bond donors (Lipinski definition) is 1. The first-order valence-electron chi connectivity index (χ1n) is 4.64. The lowest BCUT2D eigenvalue weighted by Crippen LogP contribution is -1.89. The van der Waals surface area contributed by atoms with Gasteiger partial charge in [-0.15, -0.1) is 0 Å². The van der Waals surface area contributed by atoms with E-state index in [-0.39, 0.29) is 5.82 Å². The minimum Gasteiger partial charge on any atom is -0.398 e. The maximum Gasteiger partial charge on any atom is 0.137 e. The Morgan fingerprint density at radius 3 is 2.50 bits per heavy atom. The van der Waals surface area contributed by atoms with Gasteiger partial charge in [0.05, 0.1) is 0 Å². The van der Waals surface area contributed by atoms with Crippen LogP contribution in [0.25, 0.3) is 0 Å². The Balaban J connectivity index is 2.31. The average molecular weight is 345 g/mol. The van der Waals surface area contributed by atoms with E-state index in [2.05, 4.69) is 22.6 Å². The van der Waals surface area contributed by atoms with Gasteiger partial charge < -0.3 is 5.73 Å². The molecule has 0 aromatic heterocycles. The zero-order valence-corrected chi connectivity index (χ0v) is 11.3. The molecule has 82 valence electrons. The van der Waals surface area contributed by atoms with Crippen molar-refractivity contribution in [2.75, 3.05) is 5.73 Å². The number of rotatable bonds is 2. The molecule has 2 aromatic rings. The van der Waals surface area contributed by atoms with Crippen LogP contribution in [0.15, 0.2) is 52.3 Å². The van der Waals surface area contributed by atoms with Crippen LogP contribution < -0.4 is 5.73 Å². The van der Waals surface area contributed by atoms with Crippen LogP contribution in [-0.2, 0) is 0 Å².